The molecule has 1 heterocycles. The number of carbonyl (C=O) groups is 2. The Kier molecular flexibility index (Phi) is 6.26. The van der Waals surface area contributed by atoms with E-state index >= 15 is 0 Å². The molecule has 0 spiro atoms. The van der Waals surface area contributed by atoms with Crippen LogP contribution in [-0.2, 0) is 4.79 Å². The Morgan fingerprint density at radius 2 is 1.96 bits per heavy atom. The average molecular weight is 318 g/mol. The van der Waals surface area contributed by atoms with Gasteiger partial charge in [-0.2, -0.15) is 0 Å². The first-order valence-corrected chi connectivity index (χ1v) is 8.30. The van der Waals surface area contributed by atoms with Gasteiger partial charge in [-0.15, -0.1) is 0 Å². The maximum Gasteiger partial charge on any atom is 0.321 e. The summed E-state index contributed by atoms with van der Waals surface area (Å²) in [5, 5.41) is 8.01. The quantitative estimate of drug-likeness (QED) is 0.779. The van der Waals surface area contributed by atoms with Gasteiger partial charge in [0.1, 0.15) is 6.04 Å². The van der Waals surface area contributed by atoms with Crippen LogP contribution in [0.5, 0.6) is 0 Å². The molecular formula is C17H26N4O2. The summed E-state index contributed by atoms with van der Waals surface area (Å²) in [5.74, 6) is -0.348. The number of rotatable bonds is 5. The number of hydrogen-bond donors (Lipinski definition) is 3. The second-order valence-electron chi connectivity index (χ2n) is 5.81. The zero-order chi connectivity index (χ0) is 16.7. The number of amides is 3. The molecule has 1 saturated heterocycles. The van der Waals surface area contributed by atoms with Crippen molar-refractivity contribution in [2.75, 3.05) is 29.9 Å². The minimum atomic E-state index is -0.491. The topological polar surface area (TPSA) is 73.5 Å². The molecule has 1 aromatic rings. The van der Waals surface area contributed by atoms with Gasteiger partial charge in [0.25, 0.3) is 0 Å². The molecule has 1 atom stereocenters. The summed E-state index contributed by atoms with van der Waals surface area (Å²) in [6.07, 6.45) is 3.75. The van der Waals surface area contributed by atoms with E-state index < -0.39 is 12.1 Å². The fraction of sp³-hybridized carbons (Fsp3) is 0.529. The molecule has 6 heteroatoms. The zero-order valence-electron chi connectivity index (χ0n) is 13.9. The van der Waals surface area contributed by atoms with Gasteiger partial charge in [-0.3, -0.25) is 10.1 Å². The highest BCUT2D eigenvalue weighted by molar-refractivity contribution is 5.98. The predicted octanol–water partition coefficient (Wildman–Crippen LogP) is 2.32. The third kappa shape index (κ3) is 5.16. The van der Waals surface area contributed by atoms with Crippen LogP contribution < -0.4 is 20.9 Å². The molecule has 3 amide bonds. The number of piperidine rings is 1. The highest BCUT2D eigenvalue weighted by Crippen LogP contribution is 2.23. The number of anilines is 2. The monoisotopic (exact) mass is 318 g/mol. The number of urea groups is 1. The standard InChI is InChI=1S/C17H26N4O2/c1-3-18-17(23)20-16(22)13(2)19-14-8-7-9-15(12-14)21-10-5-4-6-11-21/h7-9,12-13,19H,3-6,10-11H2,1-2H3,(H2,18,20,22,23). The summed E-state index contributed by atoms with van der Waals surface area (Å²) in [5.41, 5.74) is 2.05. The van der Waals surface area contributed by atoms with Crippen molar-refractivity contribution in [3.8, 4) is 0 Å². The lowest BCUT2D eigenvalue weighted by Crippen LogP contribution is -2.45. The number of imide groups is 1. The highest BCUT2D eigenvalue weighted by atomic mass is 16.2. The summed E-state index contributed by atoms with van der Waals surface area (Å²) < 4.78 is 0. The van der Waals surface area contributed by atoms with E-state index in [0.717, 1.165) is 18.8 Å². The fourth-order valence-electron chi connectivity index (χ4n) is 2.68. The van der Waals surface area contributed by atoms with E-state index in [1.54, 1.807) is 13.8 Å². The van der Waals surface area contributed by atoms with Crippen LogP contribution in [0.1, 0.15) is 33.1 Å². The van der Waals surface area contributed by atoms with Gasteiger partial charge >= 0.3 is 6.03 Å². The van der Waals surface area contributed by atoms with Crippen LogP contribution in [0, 0.1) is 0 Å². The molecule has 0 aromatic heterocycles. The summed E-state index contributed by atoms with van der Waals surface area (Å²) >= 11 is 0. The van der Waals surface area contributed by atoms with Gasteiger partial charge < -0.3 is 15.5 Å². The molecule has 0 bridgehead atoms. The Bertz CT molecular complexity index is 541. The number of benzene rings is 1. The van der Waals surface area contributed by atoms with Gasteiger partial charge in [0.05, 0.1) is 0 Å². The molecule has 1 aromatic carbocycles. The average Bonchev–Trinajstić information content (AvgIpc) is 2.56. The van der Waals surface area contributed by atoms with Crippen molar-refractivity contribution < 1.29 is 9.59 Å². The van der Waals surface area contributed by atoms with Crippen molar-refractivity contribution in [3.05, 3.63) is 24.3 Å². The summed E-state index contributed by atoms with van der Waals surface area (Å²) in [7, 11) is 0. The largest absolute Gasteiger partial charge is 0.374 e. The van der Waals surface area contributed by atoms with Gasteiger partial charge in [0.2, 0.25) is 5.91 Å². The Balaban J connectivity index is 1.93. The molecule has 0 radical (unpaired) electrons. The summed E-state index contributed by atoms with van der Waals surface area (Å²) in [6, 6.07) is 7.11. The maximum atomic E-state index is 12.0. The van der Waals surface area contributed by atoms with Crippen molar-refractivity contribution in [2.24, 2.45) is 0 Å². The Labute approximate surface area is 137 Å². The van der Waals surface area contributed by atoms with E-state index in [0.29, 0.717) is 6.54 Å². The molecular weight excluding hydrogens is 292 g/mol. The first-order valence-electron chi connectivity index (χ1n) is 8.30. The first-order chi connectivity index (χ1) is 11.1. The van der Waals surface area contributed by atoms with E-state index in [2.05, 4.69) is 33.0 Å². The second-order valence-corrected chi connectivity index (χ2v) is 5.81. The summed E-state index contributed by atoms with van der Waals surface area (Å²) in [6.45, 7) is 6.19. The van der Waals surface area contributed by atoms with E-state index in [1.165, 1.54) is 24.9 Å². The third-order valence-electron chi connectivity index (χ3n) is 3.92. The molecule has 0 aliphatic carbocycles. The van der Waals surface area contributed by atoms with Crippen LogP contribution in [0.15, 0.2) is 24.3 Å². The first kappa shape index (κ1) is 17.1. The zero-order valence-corrected chi connectivity index (χ0v) is 13.9. The van der Waals surface area contributed by atoms with Gasteiger partial charge in [-0.1, -0.05) is 6.07 Å². The molecule has 1 fully saturated rings. The molecule has 1 unspecified atom stereocenters. The van der Waals surface area contributed by atoms with Crippen LogP contribution in [0.2, 0.25) is 0 Å². The smallest absolute Gasteiger partial charge is 0.321 e. The van der Waals surface area contributed by atoms with Gasteiger partial charge in [-0.05, 0) is 51.3 Å². The van der Waals surface area contributed by atoms with E-state index in [1.807, 2.05) is 12.1 Å². The van der Waals surface area contributed by atoms with Crippen molar-refractivity contribution >= 4 is 23.3 Å². The molecule has 0 saturated carbocycles. The molecule has 6 nitrogen and oxygen atoms in total. The number of nitrogens with zero attached hydrogens (tertiary/aromatic N) is 1. The molecule has 1 aliphatic heterocycles. The lowest BCUT2D eigenvalue weighted by molar-refractivity contribution is -0.120. The Hall–Kier alpha value is -2.24. The lowest BCUT2D eigenvalue weighted by atomic mass is 10.1. The number of carbonyl (C=O) groups excluding carboxylic acids is 2. The van der Waals surface area contributed by atoms with Crippen LogP contribution in [0.4, 0.5) is 16.2 Å². The molecule has 3 N–H and O–H groups in total. The van der Waals surface area contributed by atoms with Crippen LogP contribution in [0.3, 0.4) is 0 Å². The fourth-order valence-corrected chi connectivity index (χ4v) is 2.68. The van der Waals surface area contributed by atoms with Crippen molar-refractivity contribution in [1.29, 1.82) is 0 Å². The SMILES string of the molecule is CCNC(=O)NC(=O)C(C)Nc1cccc(N2CCCCC2)c1. The molecule has 126 valence electrons. The third-order valence-corrected chi connectivity index (χ3v) is 3.92. The molecule has 2 rings (SSSR count). The minimum Gasteiger partial charge on any atom is -0.374 e. The van der Waals surface area contributed by atoms with Crippen LogP contribution >= 0.6 is 0 Å². The lowest BCUT2D eigenvalue weighted by Gasteiger charge is -2.29. The predicted molar refractivity (Wildman–Crippen MR) is 92.8 cm³/mol. The minimum absolute atomic E-state index is 0.348. The highest BCUT2D eigenvalue weighted by Gasteiger charge is 2.16. The van der Waals surface area contributed by atoms with Gasteiger partial charge in [-0.25, -0.2) is 4.79 Å². The van der Waals surface area contributed by atoms with Crippen LogP contribution in [-0.4, -0.2) is 37.6 Å². The van der Waals surface area contributed by atoms with Crippen molar-refractivity contribution in [3.63, 3.8) is 0 Å². The molecule has 1 aliphatic rings. The van der Waals surface area contributed by atoms with Crippen molar-refractivity contribution in [2.45, 2.75) is 39.2 Å². The Morgan fingerprint density at radius 3 is 2.65 bits per heavy atom. The second kappa shape index (κ2) is 8.41. The van der Waals surface area contributed by atoms with Crippen LogP contribution in [0.25, 0.3) is 0 Å². The van der Waals surface area contributed by atoms with E-state index in [4.69, 9.17) is 0 Å². The van der Waals surface area contributed by atoms with Crippen molar-refractivity contribution in [1.82, 2.24) is 10.6 Å². The maximum absolute atomic E-state index is 12.0. The number of nitrogens with one attached hydrogen (secondary N) is 3. The molecule has 23 heavy (non-hydrogen) atoms. The van der Waals surface area contributed by atoms with E-state index in [-0.39, 0.29) is 5.91 Å². The van der Waals surface area contributed by atoms with Gasteiger partial charge in [0, 0.05) is 31.0 Å². The number of hydrogen-bond acceptors (Lipinski definition) is 4. The van der Waals surface area contributed by atoms with E-state index in [9.17, 15) is 9.59 Å². The normalized spacial score (nSPS) is 15.7. The summed E-state index contributed by atoms with van der Waals surface area (Å²) in [4.78, 5) is 25.7. The Morgan fingerprint density at radius 1 is 1.22 bits per heavy atom. The van der Waals surface area contributed by atoms with Gasteiger partial charge in [0.15, 0.2) is 0 Å².